The van der Waals surface area contributed by atoms with Gasteiger partial charge >= 0.3 is 0 Å². The number of hydrogen-bond donors (Lipinski definition) is 0. The first kappa shape index (κ1) is 14.4. The van der Waals surface area contributed by atoms with Crippen LogP contribution in [0, 0.1) is 10.1 Å². The number of nitro groups is 1. The maximum atomic E-state index is 10.9. The van der Waals surface area contributed by atoms with Gasteiger partial charge in [-0.3, -0.25) is 10.1 Å². The monoisotopic (exact) mass is 312 g/mol. The van der Waals surface area contributed by atoms with Crippen molar-refractivity contribution < 1.29 is 4.92 Å². The number of hydrogen-bond acceptors (Lipinski definition) is 2. The van der Waals surface area contributed by atoms with E-state index in [2.05, 4.69) is 0 Å². The minimum atomic E-state index is -0.383. The third-order valence-electron chi connectivity index (χ3n) is 3.61. The van der Waals surface area contributed by atoms with E-state index in [1.54, 1.807) is 12.1 Å². The molecule has 0 N–H and O–H groups in total. The molecule has 0 atom stereocenters. The maximum Gasteiger partial charge on any atom is 0.270 e. The maximum absolute atomic E-state index is 10.9. The van der Waals surface area contributed by atoms with E-state index >= 15 is 0 Å². The van der Waals surface area contributed by atoms with Crippen LogP contribution < -0.4 is 0 Å². The van der Waals surface area contributed by atoms with E-state index in [4.69, 9.17) is 11.6 Å². The molecule has 4 nitrogen and oxygen atoms in total. The fraction of sp³-hybridized carbons (Fsp3) is 0.0588. The normalized spacial score (nSPS) is 11.4. The summed E-state index contributed by atoms with van der Waals surface area (Å²) >= 11 is 6.13. The average Bonchev–Trinajstić information content (AvgIpc) is 2.82. The third-order valence-corrected chi connectivity index (χ3v) is 3.96. The van der Waals surface area contributed by atoms with E-state index in [1.165, 1.54) is 6.07 Å². The molecule has 0 saturated heterocycles. The van der Waals surface area contributed by atoms with Crippen LogP contribution in [0.3, 0.4) is 0 Å². The molecule has 0 amide bonds. The number of nitrogens with zero attached hydrogens (tertiary/aromatic N) is 2. The Kier molecular flexibility index (Phi) is 3.69. The molecule has 3 aromatic rings. The summed E-state index contributed by atoms with van der Waals surface area (Å²) < 4.78 is 1.99. The van der Waals surface area contributed by atoms with Crippen molar-refractivity contribution in [1.29, 1.82) is 0 Å². The van der Waals surface area contributed by atoms with Gasteiger partial charge in [0.25, 0.3) is 5.69 Å². The van der Waals surface area contributed by atoms with E-state index < -0.39 is 0 Å². The summed E-state index contributed by atoms with van der Waals surface area (Å²) in [5.41, 5.74) is 2.93. The molecule has 0 saturated carbocycles. The van der Waals surface area contributed by atoms with Gasteiger partial charge in [0.15, 0.2) is 0 Å². The number of fused-ring (bicyclic) bond motifs is 1. The van der Waals surface area contributed by atoms with Crippen LogP contribution in [0.1, 0.15) is 11.3 Å². The predicted molar refractivity (Wildman–Crippen MR) is 90.0 cm³/mol. The molecule has 1 aromatic heterocycles. The molecular formula is C17H13ClN2O2. The molecule has 3 rings (SSSR count). The number of halogens is 1. The van der Waals surface area contributed by atoms with Gasteiger partial charge in [-0.05, 0) is 29.8 Å². The standard InChI is InChI=1S/C17H13ClN2O2/c1-19-14(7-6-12-4-2-3-5-16(12)18)10-13-11-15(20(21)22)8-9-17(13)19/h2-11H,1H3/b7-6+. The molecule has 22 heavy (non-hydrogen) atoms. The summed E-state index contributed by atoms with van der Waals surface area (Å²) in [6.07, 6.45) is 3.89. The van der Waals surface area contributed by atoms with E-state index in [1.807, 2.05) is 54.1 Å². The molecule has 110 valence electrons. The van der Waals surface area contributed by atoms with Crippen LogP contribution in [0.15, 0.2) is 48.5 Å². The molecule has 0 unspecified atom stereocenters. The van der Waals surface area contributed by atoms with Crippen molar-refractivity contribution in [3.63, 3.8) is 0 Å². The minimum Gasteiger partial charge on any atom is -0.344 e. The molecule has 0 spiro atoms. The lowest BCUT2D eigenvalue weighted by molar-refractivity contribution is -0.384. The molecule has 0 radical (unpaired) electrons. The summed E-state index contributed by atoms with van der Waals surface area (Å²) in [5, 5.41) is 12.4. The van der Waals surface area contributed by atoms with E-state index in [0.29, 0.717) is 5.02 Å². The van der Waals surface area contributed by atoms with Crippen molar-refractivity contribution in [3.8, 4) is 0 Å². The molecule has 2 aromatic carbocycles. The number of benzene rings is 2. The van der Waals surface area contributed by atoms with E-state index in [0.717, 1.165) is 22.2 Å². The quantitative estimate of drug-likeness (QED) is 0.509. The Balaban J connectivity index is 2.03. The van der Waals surface area contributed by atoms with Crippen LogP contribution in [0.4, 0.5) is 5.69 Å². The van der Waals surface area contributed by atoms with Crippen LogP contribution in [0.2, 0.25) is 5.02 Å². The Morgan fingerprint density at radius 2 is 1.91 bits per heavy atom. The van der Waals surface area contributed by atoms with Gasteiger partial charge in [0.05, 0.1) is 4.92 Å². The first-order chi connectivity index (χ1) is 10.6. The van der Waals surface area contributed by atoms with Crippen molar-refractivity contribution in [2.75, 3.05) is 0 Å². The topological polar surface area (TPSA) is 48.1 Å². The van der Waals surface area contributed by atoms with Gasteiger partial charge in [-0.25, -0.2) is 0 Å². The van der Waals surface area contributed by atoms with Gasteiger partial charge < -0.3 is 4.57 Å². The smallest absolute Gasteiger partial charge is 0.270 e. The first-order valence-electron chi connectivity index (χ1n) is 6.73. The molecule has 5 heteroatoms. The first-order valence-corrected chi connectivity index (χ1v) is 7.10. The molecule has 0 aliphatic rings. The van der Waals surface area contributed by atoms with Gasteiger partial charge in [-0.2, -0.15) is 0 Å². The van der Waals surface area contributed by atoms with Gasteiger partial charge in [0.2, 0.25) is 0 Å². The fourth-order valence-electron chi connectivity index (χ4n) is 2.42. The van der Waals surface area contributed by atoms with Crippen molar-refractivity contribution in [1.82, 2.24) is 4.57 Å². The SMILES string of the molecule is Cn1c(/C=C/c2ccccc2Cl)cc2cc([N+](=O)[O-])ccc21. The predicted octanol–water partition coefficient (Wildman–Crippen LogP) is 4.91. The van der Waals surface area contributed by atoms with Crippen LogP contribution in [0.5, 0.6) is 0 Å². The van der Waals surface area contributed by atoms with E-state index in [9.17, 15) is 10.1 Å². The van der Waals surface area contributed by atoms with Crippen LogP contribution in [-0.4, -0.2) is 9.49 Å². The third kappa shape index (κ3) is 2.61. The van der Waals surface area contributed by atoms with Crippen molar-refractivity contribution >= 4 is 40.3 Å². The zero-order valence-corrected chi connectivity index (χ0v) is 12.6. The molecule has 0 bridgehead atoms. The van der Waals surface area contributed by atoms with Crippen molar-refractivity contribution in [3.05, 3.63) is 74.9 Å². The summed E-state index contributed by atoms with van der Waals surface area (Å²) in [6, 6.07) is 14.4. The Morgan fingerprint density at radius 1 is 1.14 bits per heavy atom. The highest BCUT2D eigenvalue weighted by Gasteiger charge is 2.09. The summed E-state index contributed by atoms with van der Waals surface area (Å²) in [7, 11) is 1.93. The van der Waals surface area contributed by atoms with Gasteiger partial charge in [-0.15, -0.1) is 0 Å². The lowest BCUT2D eigenvalue weighted by atomic mass is 10.2. The Bertz CT molecular complexity index is 897. The number of aromatic nitrogens is 1. The zero-order valence-electron chi connectivity index (χ0n) is 11.9. The lowest BCUT2D eigenvalue weighted by Gasteiger charge is -2.00. The van der Waals surface area contributed by atoms with Gasteiger partial charge in [-0.1, -0.05) is 35.9 Å². The highest BCUT2D eigenvalue weighted by atomic mass is 35.5. The van der Waals surface area contributed by atoms with E-state index in [-0.39, 0.29) is 10.6 Å². The molecule has 0 fully saturated rings. The second-order valence-electron chi connectivity index (χ2n) is 4.98. The number of rotatable bonds is 3. The number of non-ortho nitro benzene ring substituents is 1. The highest BCUT2D eigenvalue weighted by molar-refractivity contribution is 6.32. The van der Waals surface area contributed by atoms with Crippen molar-refractivity contribution in [2.24, 2.45) is 7.05 Å². The minimum absolute atomic E-state index is 0.0970. The largest absolute Gasteiger partial charge is 0.344 e. The number of aryl methyl sites for hydroxylation is 1. The van der Waals surface area contributed by atoms with Crippen LogP contribution in [0.25, 0.3) is 23.1 Å². The Morgan fingerprint density at radius 3 is 2.64 bits per heavy atom. The molecule has 1 heterocycles. The Hall–Kier alpha value is -2.59. The molecule has 0 aliphatic carbocycles. The lowest BCUT2D eigenvalue weighted by Crippen LogP contribution is -1.91. The summed E-state index contributed by atoms with van der Waals surface area (Å²) in [5.74, 6) is 0. The average molecular weight is 313 g/mol. The van der Waals surface area contributed by atoms with Crippen LogP contribution >= 0.6 is 11.6 Å². The fourth-order valence-corrected chi connectivity index (χ4v) is 2.62. The molecule has 0 aliphatic heterocycles. The summed E-state index contributed by atoms with van der Waals surface area (Å²) in [6.45, 7) is 0. The zero-order chi connectivity index (χ0) is 15.7. The van der Waals surface area contributed by atoms with Crippen LogP contribution in [-0.2, 0) is 7.05 Å². The second-order valence-corrected chi connectivity index (χ2v) is 5.39. The van der Waals surface area contributed by atoms with Crippen molar-refractivity contribution in [2.45, 2.75) is 0 Å². The summed E-state index contributed by atoms with van der Waals surface area (Å²) in [4.78, 5) is 10.5. The Labute approximate surface area is 132 Å². The van der Waals surface area contributed by atoms with Gasteiger partial charge in [0, 0.05) is 40.8 Å². The highest BCUT2D eigenvalue weighted by Crippen LogP contribution is 2.25. The molecular weight excluding hydrogens is 300 g/mol. The number of nitro benzene ring substituents is 1. The van der Waals surface area contributed by atoms with Gasteiger partial charge in [0.1, 0.15) is 0 Å². The second kappa shape index (κ2) is 5.66.